The molecule has 0 bridgehead atoms. The molecule has 2 heterocycles. The second-order valence-corrected chi connectivity index (χ2v) is 6.55. The van der Waals surface area contributed by atoms with Gasteiger partial charge in [0.25, 0.3) is 4.83 Å². The maximum Gasteiger partial charge on any atom is 0.276 e. The molecule has 0 aliphatic rings. The Morgan fingerprint density at radius 3 is 2.09 bits per heavy atom. The van der Waals surface area contributed by atoms with Crippen LogP contribution in [0.15, 0.2) is 84.2 Å². The number of hydrogen-bond acceptors (Lipinski definition) is 1. The number of aromatic nitrogens is 1. The summed E-state index contributed by atoms with van der Waals surface area (Å²) in [6.45, 7) is 0. The van der Waals surface area contributed by atoms with E-state index in [1.165, 1.54) is 37.8 Å². The summed E-state index contributed by atoms with van der Waals surface area (Å²) in [4.78, 5) is 1.30. The Bertz CT molecular complexity index is 1160. The predicted octanol–water partition coefficient (Wildman–Crippen LogP) is 5.46. The van der Waals surface area contributed by atoms with Gasteiger partial charge in [-0.05, 0) is 24.3 Å². The highest BCUT2D eigenvalue weighted by atomic mass is 32.1. The van der Waals surface area contributed by atoms with E-state index < -0.39 is 0 Å². The van der Waals surface area contributed by atoms with Crippen LogP contribution >= 0.6 is 11.3 Å². The molecule has 2 heteroatoms. The van der Waals surface area contributed by atoms with Crippen molar-refractivity contribution in [3.8, 4) is 11.3 Å². The Labute approximate surface area is 138 Å². The van der Waals surface area contributed by atoms with Crippen LogP contribution in [0.25, 0.3) is 37.8 Å². The molecular weight excluding hydrogens is 298 g/mol. The Hall–Kier alpha value is -2.71. The lowest BCUT2D eigenvalue weighted by Gasteiger charge is -2.02. The predicted molar refractivity (Wildman–Crippen MR) is 97.9 cm³/mol. The van der Waals surface area contributed by atoms with Gasteiger partial charge in [0.15, 0.2) is 0 Å². The number of benzene rings is 3. The Morgan fingerprint density at radius 1 is 0.609 bits per heavy atom. The number of thiazole rings is 1. The third-order valence-corrected chi connectivity index (χ3v) is 5.36. The van der Waals surface area contributed by atoms with Gasteiger partial charge in [0.1, 0.15) is 0 Å². The topological polar surface area (TPSA) is 4.10 Å². The van der Waals surface area contributed by atoms with Gasteiger partial charge >= 0.3 is 0 Å². The molecule has 23 heavy (non-hydrogen) atoms. The van der Waals surface area contributed by atoms with Crippen molar-refractivity contribution < 1.29 is 4.40 Å². The van der Waals surface area contributed by atoms with Crippen LogP contribution in [0.4, 0.5) is 0 Å². The van der Waals surface area contributed by atoms with Gasteiger partial charge in [0, 0.05) is 17.0 Å². The normalized spacial score (nSPS) is 11.5. The van der Waals surface area contributed by atoms with E-state index >= 15 is 0 Å². The highest BCUT2D eigenvalue weighted by Gasteiger charge is 2.22. The molecular formula is C21H14NS+. The van der Waals surface area contributed by atoms with Crippen molar-refractivity contribution in [1.82, 2.24) is 0 Å². The summed E-state index contributed by atoms with van der Waals surface area (Å²) in [7, 11) is 0. The maximum atomic E-state index is 2.40. The van der Waals surface area contributed by atoms with Crippen LogP contribution < -0.4 is 4.40 Å². The van der Waals surface area contributed by atoms with E-state index in [1.807, 2.05) is 11.3 Å². The van der Waals surface area contributed by atoms with E-state index in [-0.39, 0.29) is 0 Å². The van der Waals surface area contributed by atoms with Crippen LogP contribution in [-0.4, -0.2) is 0 Å². The summed E-state index contributed by atoms with van der Waals surface area (Å²) in [5.41, 5.74) is 3.78. The zero-order chi connectivity index (χ0) is 15.2. The molecule has 0 N–H and O–H groups in total. The summed E-state index contributed by atoms with van der Waals surface area (Å²) < 4.78 is 2.40. The van der Waals surface area contributed by atoms with Crippen LogP contribution in [0.5, 0.6) is 0 Å². The number of para-hydroxylation sites is 1. The molecule has 5 rings (SSSR count). The van der Waals surface area contributed by atoms with Gasteiger partial charge in [0.2, 0.25) is 11.2 Å². The summed E-state index contributed by atoms with van der Waals surface area (Å²) in [5.74, 6) is 0. The molecule has 0 atom stereocenters. The van der Waals surface area contributed by atoms with E-state index in [0.29, 0.717) is 0 Å². The lowest BCUT2D eigenvalue weighted by Crippen LogP contribution is -2.23. The molecule has 1 nitrogen and oxygen atoms in total. The first-order valence-electron chi connectivity index (χ1n) is 7.71. The van der Waals surface area contributed by atoms with Crippen LogP contribution in [0, 0.1) is 0 Å². The minimum atomic E-state index is 1.25. The summed E-state index contributed by atoms with van der Waals surface area (Å²) >= 11 is 1.82. The monoisotopic (exact) mass is 312 g/mol. The van der Waals surface area contributed by atoms with E-state index in [4.69, 9.17) is 0 Å². The zero-order valence-corrected chi connectivity index (χ0v) is 13.3. The van der Waals surface area contributed by atoms with E-state index in [2.05, 4.69) is 88.6 Å². The molecule has 0 fully saturated rings. The van der Waals surface area contributed by atoms with Crippen molar-refractivity contribution in [3.05, 3.63) is 84.2 Å². The van der Waals surface area contributed by atoms with Crippen LogP contribution in [0.1, 0.15) is 0 Å². The molecule has 108 valence electrons. The summed E-state index contributed by atoms with van der Waals surface area (Å²) in [6, 6.07) is 28.0. The highest BCUT2D eigenvalue weighted by Crippen LogP contribution is 2.31. The summed E-state index contributed by atoms with van der Waals surface area (Å²) in [5, 5.41) is 6.21. The average molecular weight is 312 g/mol. The minimum Gasteiger partial charge on any atom is -0.142 e. The molecule has 0 saturated carbocycles. The number of fused-ring (bicyclic) bond motifs is 6. The zero-order valence-electron chi connectivity index (χ0n) is 12.4. The van der Waals surface area contributed by atoms with Gasteiger partial charge in [-0.2, -0.15) is 0 Å². The number of hydrogen-bond donors (Lipinski definition) is 0. The average Bonchev–Trinajstić information content (AvgIpc) is 3.08. The molecule has 5 aromatic rings. The lowest BCUT2D eigenvalue weighted by atomic mass is 10.1. The van der Waals surface area contributed by atoms with Gasteiger partial charge < -0.3 is 0 Å². The molecule has 0 unspecified atom stereocenters. The Morgan fingerprint density at radius 2 is 1.26 bits per heavy atom. The van der Waals surface area contributed by atoms with Crippen molar-refractivity contribution in [3.63, 3.8) is 0 Å². The van der Waals surface area contributed by atoms with E-state index in [9.17, 15) is 0 Å². The highest BCUT2D eigenvalue weighted by molar-refractivity contribution is 7.16. The summed E-state index contributed by atoms with van der Waals surface area (Å²) in [6.07, 6.45) is 0. The first-order valence-corrected chi connectivity index (χ1v) is 8.59. The Balaban J connectivity index is 2.06. The quantitative estimate of drug-likeness (QED) is 0.286. The van der Waals surface area contributed by atoms with Crippen LogP contribution in [0.3, 0.4) is 0 Å². The van der Waals surface area contributed by atoms with E-state index in [1.54, 1.807) is 0 Å². The van der Waals surface area contributed by atoms with Gasteiger partial charge in [-0.3, -0.25) is 0 Å². The van der Waals surface area contributed by atoms with Gasteiger partial charge in [-0.15, -0.1) is 4.40 Å². The van der Waals surface area contributed by atoms with Gasteiger partial charge in [-0.1, -0.05) is 59.9 Å². The van der Waals surface area contributed by atoms with E-state index in [0.717, 1.165) is 0 Å². The molecule has 0 amide bonds. The third-order valence-electron chi connectivity index (χ3n) is 4.39. The minimum absolute atomic E-state index is 1.25. The van der Waals surface area contributed by atoms with Crippen LogP contribution in [0.2, 0.25) is 0 Å². The molecule has 2 aromatic heterocycles. The molecule has 3 aromatic carbocycles. The number of pyridine rings is 1. The standard InChI is InChI=1S/C21H14NS/c1-2-8-15(9-3-1)20-14-23-21-18-12-5-4-10-16(18)17-11-6-7-13-19(17)22(20)21/h1-14H/q+1. The largest absolute Gasteiger partial charge is 0.276 e. The van der Waals surface area contributed by atoms with Crippen molar-refractivity contribution in [2.45, 2.75) is 0 Å². The SMILES string of the molecule is c1ccc(-c2csc3c4ccccc4c4ccccc4[n+]23)cc1. The van der Waals surface area contributed by atoms with Gasteiger partial charge in [-0.25, -0.2) is 0 Å². The second kappa shape index (κ2) is 4.90. The van der Waals surface area contributed by atoms with Crippen molar-refractivity contribution in [2.24, 2.45) is 0 Å². The molecule has 0 spiro atoms. The molecule has 0 radical (unpaired) electrons. The maximum absolute atomic E-state index is 2.40. The van der Waals surface area contributed by atoms with Gasteiger partial charge in [0.05, 0.1) is 16.2 Å². The van der Waals surface area contributed by atoms with Crippen LogP contribution in [-0.2, 0) is 0 Å². The number of rotatable bonds is 1. The first kappa shape index (κ1) is 12.8. The Kier molecular flexibility index (Phi) is 2.73. The van der Waals surface area contributed by atoms with Crippen molar-refractivity contribution >= 4 is 37.8 Å². The fourth-order valence-corrected chi connectivity index (χ4v) is 4.43. The first-order chi connectivity index (χ1) is 11.4. The lowest BCUT2D eigenvalue weighted by molar-refractivity contribution is -0.463. The fourth-order valence-electron chi connectivity index (χ4n) is 3.36. The molecule has 0 aliphatic heterocycles. The molecule has 0 saturated heterocycles. The number of nitrogens with zero attached hydrogens (tertiary/aromatic N) is 1. The third kappa shape index (κ3) is 1.82. The van der Waals surface area contributed by atoms with Crippen molar-refractivity contribution in [1.29, 1.82) is 0 Å². The fraction of sp³-hybridized carbons (Fsp3) is 0. The van der Waals surface area contributed by atoms with Crippen molar-refractivity contribution in [2.75, 3.05) is 0 Å². The second-order valence-electron chi connectivity index (χ2n) is 5.69. The smallest absolute Gasteiger partial charge is 0.142 e. The molecule has 0 aliphatic carbocycles.